The van der Waals surface area contributed by atoms with E-state index in [1.165, 1.54) is 24.1 Å². The van der Waals surface area contributed by atoms with Gasteiger partial charge in [0.05, 0.1) is 12.8 Å². The molecule has 2 rings (SSSR count). The molecule has 0 bridgehead atoms. The maximum atomic E-state index is 13.7. The number of imidazole rings is 1. The molecule has 18 heavy (non-hydrogen) atoms. The maximum Gasteiger partial charge on any atom is 0.360 e. The number of aromatic nitrogens is 2. The smallest absolute Gasteiger partial charge is 0.360 e. The molecule has 1 aromatic heterocycles. The second-order valence-electron chi connectivity index (χ2n) is 3.79. The molecule has 0 spiro atoms. The Kier molecular flexibility index (Phi) is 3.01. The average Bonchev–Trinajstić information content (AvgIpc) is 2.73. The van der Waals surface area contributed by atoms with Gasteiger partial charge in [-0.3, -0.25) is 4.57 Å². The molecule has 2 aromatic rings. The Bertz CT molecular complexity index is 607. The van der Waals surface area contributed by atoms with E-state index in [0.29, 0.717) is 0 Å². The molecule has 0 radical (unpaired) electrons. The van der Waals surface area contributed by atoms with Gasteiger partial charge >= 0.3 is 5.97 Å². The number of rotatable bonds is 2. The van der Waals surface area contributed by atoms with Gasteiger partial charge in [0, 0.05) is 0 Å². The maximum absolute atomic E-state index is 13.7. The highest BCUT2D eigenvalue weighted by molar-refractivity contribution is 5.92. The van der Waals surface area contributed by atoms with Gasteiger partial charge in [-0.25, -0.2) is 14.2 Å². The first-order valence-electron chi connectivity index (χ1n) is 5.22. The van der Waals surface area contributed by atoms with E-state index in [9.17, 15) is 9.18 Å². The van der Waals surface area contributed by atoms with Gasteiger partial charge in [-0.1, -0.05) is 6.07 Å². The number of benzene rings is 1. The van der Waals surface area contributed by atoms with E-state index < -0.39 is 11.8 Å². The van der Waals surface area contributed by atoms with Crippen LogP contribution < -0.4 is 5.73 Å². The van der Waals surface area contributed by atoms with Crippen molar-refractivity contribution in [1.29, 1.82) is 0 Å². The molecule has 6 heteroatoms. The van der Waals surface area contributed by atoms with Crippen LogP contribution in [0.4, 0.5) is 10.2 Å². The van der Waals surface area contributed by atoms with Crippen molar-refractivity contribution in [3.63, 3.8) is 0 Å². The summed E-state index contributed by atoms with van der Waals surface area (Å²) in [4.78, 5) is 15.2. The second kappa shape index (κ2) is 4.48. The number of hydrogen-bond donors (Lipinski definition) is 1. The van der Waals surface area contributed by atoms with Crippen molar-refractivity contribution in [2.45, 2.75) is 6.92 Å². The molecule has 5 nitrogen and oxygen atoms in total. The first kappa shape index (κ1) is 12.1. The minimum Gasteiger partial charge on any atom is -0.464 e. The predicted octanol–water partition coefficient (Wildman–Crippen LogP) is 1.69. The third-order valence-corrected chi connectivity index (χ3v) is 2.54. The second-order valence-corrected chi connectivity index (χ2v) is 3.79. The monoisotopic (exact) mass is 249 g/mol. The number of nitrogen functional groups attached to an aromatic ring is 1. The molecular formula is C12H12FN3O2. The molecular weight excluding hydrogens is 237 g/mol. The summed E-state index contributed by atoms with van der Waals surface area (Å²) >= 11 is 0. The summed E-state index contributed by atoms with van der Waals surface area (Å²) in [5.74, 6) is -1.05. The van der Waals surface area contributed by atoms with Gasteiger partial charge in [-0.2, -0.15) is 0 Å². The van der Waals surface area contributed by atoms with Crippen LogP contribution in [0.3, 0.4) is 0 Å². The molecule has 1 aromatic carbocycles. The minimum absolute atomic E-state index is 0.0293. The van der Waals surface area contributed by atoms with E-state index in [1.54, 1.807) is 12.1 Å². The Morgan fingerprint density at radius 2 is 2.22 bits per heavy atom. The van der Waals surface area contributed by atoms with Crippen molar-refractivity contribution >= 4 is 11.8 Å². The van der Waals surface area contributed by atoms with Gasteiger partial charge in [-0.15, -0.1) is 0 Å². The standard InChI is InChI=1S/C12H12FN3O2/c1-7-3-4-8(13)9(5-7)16-6-15-10(11(16)14)12(17)18-2/h3-6H,14H2,1-2H3. The number of methoxy groups -OCH3 is 1. The lowest BCUT2D eigenvalue weighted by Gasteiger charge is -2.07. The number of nitrogens with zero attached hydrogens (tertiary/aromatic N) is 2. The van der Waals surface area contributed by atoms with Gasteiger partial charge in [0.1, 0.15) is 18.0 Å². The van der Waals surface area contributed by atoms with Gasteiger partial charge in [-0.05, 0) is 24.6 Å². The molecule has 0 aliphatic carbocycles. The van der Waals surface area contributed by atoms with E-state index >= 15 is 0 Å². The molecule has 0 unspecified atom stereocenters. The quantitative estimate of drug-likeness (QED) is 0.822. The van der Waals surface area contributed by atoms with Gasteiger partial charge < -0.3 is 10.5 Å². The lowest BCUT2D eigenvalue weighted by molar-refractivity contribution is 0.0596. The molecule has 0 fully saturated rings. The third kappa shape index (κ3) is 1.92. The predicted molar refractivity (Wildman–Crippen MR) is 64.0 cm³/mol. The zero-order chi connectivity index (χ0) is 13.3. The van der Waals surface area contributed by atoms with Crippen molar-refractivity contribution in [3.05, 3.63) is 41.6 Å². The van der Waals surface area contributed by atoms with Crippen LogP contribution >= 0.6 is 0 Å². The first-order valence-corrected chi connectivity index (χ1v) is 5.22. The SMILES string of the molecule is COC(=O)c1ncn(-c2cc(C)ccc2F)c1N. The third-order valence-electron chi connectivity index (χ3n) is 2.54. The van der Waals surface area contributed by atoms with E-state index in [-0.39, 0.29) is 17.2 Å². The van der Waals surface area contributed by atoms with Gasteiger partial charge in [0.15, 0.2) is 5.69 Å². The number of aryl methyl sites for hydroxylation is 1. The van der Waals surface area contributed by atoms with Crippen LogP contribution in [0, 0.1) is 12.7 Å². The van der Waals surface area contributed by atoms with Crippen molar-refractivity contribution in [1.82, 2.24) is 9.55 Å². The number of nitrogens with two attached hydrogens (primary N) is 1. The number of ether oxygens (including phenoxy) is 1. The molecule has 0 atom stereocenters. The molecule has 0 amide bonds. The Hall–Kier alpha value is -2.37. The van der Waals surface area contributed by atoms with E-state index in [4.69, 9.17) is 5.73 Å². The lowest BCUT2D eigenvalue weighted by atomic mass is 10.2. The number of anilines is 1. The normalized spacial score (nSPS) is 10.4. The van der Waals surface area contributed by atoms with Gasteiger partial charge in [0.25, 0.3) is 0 Å². The molecule has 0 aliphatic heterocycles. The Labute approximate surface area is 103 Å². The van der Waals surface area contributed by atoms with E-state index in [1.807, 2.05) is 6.92 Å². The summed E-state index contributed by atoms with van der Waals surface area (Å²) in [5, 5.41) is 0. The number of halogens is 1. The first-order chi connectivity index (χ1) is 8.54. The van der Waals surface area contributed by atoms with Crippen molar-refractivity contribution in [3.8, 4) is 5.69 Å². The van der Waals surface area contributed by atoms with Crippen LogP contribution in [-0.2, 0) is 4.74 Å². The van der Waals surface area contributed by atoms with Crippen molar-refractivity contribution in [2.75, 3.05) is 12.8 Å². The van der Waals surface area contributed by atoms with Crippen LogP contribution in [0.25, 0.3) is 5.69 Å². The topological polar surface area (TPSA) is 70.1 Å². The largest absolute Gasteiger partial charge is 0.464 e. The summed E-state index contributed by atoms with van der Waals surface area (Å²) in [6, 6.07) is 4.60. The Morgan fingerprint density at radius 1 is 1.50 bits per heavy atom. The fraction of sp³-hybridized carbons (Fsp3) is 0.167. The Balaban J connectivity index is 2.55. The van der Waals surface area contributed by atoms with Crippen LogP contribution in [-0.4, -0.2) is 22.6 Å². The highest BCUT2D eigenvalue weighted by atomic mass is 19.1. The zero-order valence-corrected chi connectivity index (χ0v) is 9.98. The number of carbonyl (C=O) groups is 1. The molecule has 0 saturated heterocycles. The number of esters is 1. The fourth-order valence-electron chi connectivity index (χ4n) is 1.61. The van der Waals surface area contributed by atoms with Crippen molar-refractivity contribution in [2.24, 2.45) is 0 Å². The highest BCUT2D eigenvalue weighted by Crippen LogP contribution is 2.21. The molecule has 2 N–H and O–H groups in total. The summed E-state index contributed by atoms with van der Waals surface area (Å²) in [6.07, 6.45) is 1.29. The summed E-state index contributed by atoms with van der Waals surface area (Å²) < 4.78 is 19.6. The minimum atomic E-state index is -0.653. The summed E-state index contributed by atoms with van der Waals surface area (Å²) in [6.45, 7) is 1.83. The van der Waals surface area contributed by atoms with Crippen LogP contribution in [0.5, 0.6) is 0 Å². The molecule has 1 heterocycles. The highest BCUT2D eigenvalue weighted by Gasteiger charge is 2.18. The van der Waals surface area contributed by atoms with Crippen molar-refractivity contribution < 1.29 is 13.9 Å². The van der Waals surface area contributed by atoms with Crippen LogP contribution in [0.15, 0.2) is 24.5 Å². The van der Waals surface area contributed by atoms with Crippen LogP contribution in [0.1, 0.15) is 16.1 Å². The molecule has 94 valence electrons. The van der Waals surface area contributed by atoms with E-state index in [2.05, 4.69) is 9.72 Å². The molecule has 0 saturated carbocycles. The number of hydrogen-bond acceptors (Lipinski definition) is 4. The summed E-state index contributed by atoms with van der Waals surface area (Å²) in [5.41, 5.74) is 6.85. The van der Waals surface area contributed by atoms with Gasteiger partial charge in [0.2, 0.25) is 0 Å². The van der Waals surface area contributed by atoms with E-state index in [0.717, 1.165) is 5.56 Å². The summed E-state index contributed by atoms with van der Waals surface area (Å²) in [7, 11) is 1.23. The fourth-order valence-corrected chi connectivity index (χ4v) is 1.61. The zero-order valence-electron chi connectivity index (χ0n) is 9.98. The number of carbonyl (C=O) groups excluding carboxylic acids is 1. The average molecular weight is 249 g/mol. The van der Waals surface area contributed by atoms with Crippen LogP contribution in [0.2, 0.25) is 0 Å². The molecule has 0 aliphatic rings. The lowest BCUT2D eigenvalue weighted by Crippen LogP contribution is -2.08. The Morgan fingerprint density at radius 3 is 2.89 bits per heavy atom.